The van der Waals surface area contributed by atoms with E-state index in [1.807, 2.05) is 18.2 Å². The largest absolute Gasteiger partial charge is 0.399 e. The van der Waals surface area contributed by atoms with Crippen molar-refractivity contribution >= 4 is 12.0 Å². The van der Waals surface area contributed by atoms with Crippen LogP contribution < -0.4 is 5.73 Å². The van der Waals surface area contributed by atoms with Gasteiger partial charge in [0, 0.05) is 12.1 Å². The third kappa shape index (κ3) is 3.60. The minimum atomic E-state index is 0.685. The smallest absolute Gasteiger partial charge is 0.119 e. The van der Waals surface area contributed by atoms with E-state index in [0.717, 1.165) is 37.7 Å². The Kier molecular flexibility index (Phi) is 4.76. The van der Waals surface area contributed by atoms with Crippen LogP contribution in [0.4, 0.5) is 5.69 Å². The molecule has 0 aliphatic carbocycles. The fourth-order valence-corrected chi connectivity index (χ4v) is 1.48. The molecule has 0 saturated carbocycles. The molecular formula is C12H17NO. The molecule has 2 heteroatoms. The van der Waals surface area contributed by atoms with Crippen LogP contribution in [0.3, 0.4) is 0 Å². The number of benzene rings is 1. The molecule has 2 N–H and O–H groups in total. The molecule has 0 unspecified atom stereocenters. The summed E-state index contributed by atoms with van der Waals surface area (Å²) < 4.78 is 0. The van der Waals surface area contributed by atoms with E-state index in [0.29, 0.717) is 6.42 Å². The number of aryl methyl sites for hydroxylation is 1. The summed E-state index contributed by atoms with van der Waals surface area (Å²) in [6, 6.07) is 7.96. The first-order valence-electron chi connectivity index (χ1n) is 5.11. The van der Waals surface area contributed by atoms with Crippen LogP contribution in [-0.2, 0) is 11.2 Å². The quantitative estimate of drug-likeness (QED) is 0.426. The molecule has 0 aromatic heterocycles. The van der Waals surface area contributed by atoms with Crippen LogP contribution in [0.25, 0.3) is 0 Å². The van der Waals surface area contributed by atoms with Crippen molar-refractivity contribution in [3.63, 3.8) is 0 Å². The topological polar surface area (TPSA) is 43.1 Å². The monoisotopic (exact) mass is 191 g/mol. The van der Waals surface area contributed by atoms with Crippen LogP contribution in [0.5, 0.6) is 0 Å². The second-order valence-corrected chi connectivity index (χ2v) is 3.46. The van der Waals surface area contributed by atoms with E-state index in [1.165, 1.54) is 5.56 Å². The molecule has 1 aromatic carbocycles. The maximum atomic E-state index is 10.1. The SMILES string of the molecule is Nc1ccccc1CCCCCC=O. The molecule has 0 amide bonds. The van der Waals surface area contributed by atoms with Crippen molar-refractivity contribution in [2.75, 3.05) is 5.73 Å². The number of hydrogen-bond acceptors (Lipinski definition) is 2. The lowest BCUT2D eigenvalue weighted by atomic mass is 10.0. The van der Waals surface area contributed by atoms with Crippen LogP contribution in [-0.4, -0.2) is 6.29 Å². The van der Waals surface area contributed by atoms with Gasteiger partial charge in [-0.05, 0) is 30.9 Å². The highest BCUT2D eigenvalue weighted by atomic mass is 16.1. The predicted octanol–water partition coefficient (Wildman–Crippen LogP) is 2.57. The standard InChI is InChI=1S/C12H17NO/c13-12-9-5-4-8-11(12)7-3-1-2-6-10-14/h4-5,8-10H,1-3,6-7,13H2. The van der Waals surface area contributed by atoms with E-state index in [1.54, 1.807) is 0 Å². The fourth-order valence-electron chi connectivity index (χ4n) is 1.48. The Labute approximate surface area is 85.1 Å². The molecule has 0 heterocycles. The average molecular weight is 191 g/mol. The number of rotatable bonds is 6. The van der Waals surface area contributed by atoms with Crippen LogP contribution in [0.2, 0.25) is 0 Å². The van der Waals surface area contributed by atoms with Gasteiger partial charge in [0.05, 0.1) is 0 Å². The number of aldehydes is 1. The van der Waals surface area contributed by atoms with Gasteiger partial charge < -0.3 is 10.5 Å². The molecule has 1 aromatic rings. The summed E-state index contributed by atoms with van der Waals surface area (Å²) in [4.78, 5) is 10.1. The highest BCUT2D eigenvalue weighted by Crippen LogP contribution is 2.14. The summed E-state index contributed by atoms with van der Waals surface area (Å²) in [5.41, 5.74) is 7.90. The van der Waals surface area contributed by atoms with Gasteiger partial charge in [-0.15, -0.1) is 0 Å². The minimum absolute atomic E-state index is 0.685. The molecule has 0 saturated heterocycles. The molecule has 0 aliphatic heterocycles. The Morgan fingerprint density at radius 1 is 1.14 bits per heavy atom. The van der Waals surface area contributed by atoms with Crippen molar-refractivity contribution in [2.45, 2.75) is 32.1 Å². The number of para-hydroxylation sites is 1. The van der Waals surface area contributed by atoms with Crippen molar-refractivity contribution in [1.29, 1.82) is 0 Å². The molecular weight excluding hydrogens is 174 g/mol. The highest BCUT2D eigenvalue weighted by molar-refractivity contribution is 5.49. The Morgan fingerprint density at radius 3 is 2.64 bits per heavy atom. The number of anilines is 1. The Hall–Kier alpha value is -1.31. The van der Waals surface area contributed by atoms with Crippen molar-refractivity contribution in [1.82, 2.24) is 0 Å². The number of unbranched alkanes of at least 4 members (excludes halogenated alkanes) is 3. The van der Waals surface area contributed by atoms with Crippen LogP contribution >= 0.6 is 0 Å². The number of carbonyl (C=O) groups excluding carboxylic acids is 1. The maximum Gasteiger partial charge on any atom is 0.119 e. The van der Waals surface area contributed by atoms with Crippen LogP contribution in [0.15, 0.2) is 24.3 Å². The predicted molar refractivity (Wildman–Crippen MR) is 59.1 cm³/mol. The van der Waals surface area contributed by atoms with Gasteiger partial charge in [-0.3, -0.25) is 0 Å². The van der Waals surface area contributed by atoms with Crippen LogP contribution in [0, 0.1) is 0 Å². The normalized spacial score (nSPS) is 10.0. The van der Waals surface area contributed by atoms with Gasteiger partial charge in [0.1, 0.15) is 6.29 Å². The van der Waals surface area contributed by atoms with Gasteiger partial charge >= 0.3 is 0 Å². The van der Waals surface area contributed by atoms with E-state index in [4.69, 9.17) is 5.73 Å². The van der Waals surface area contributed by atoms with Gasteiger partial charge in [-0.25, -0.2) is 0 Å². The van der Waals surface area contributed by atoms with Gasteiger partial charge in [0.2, 0.25) is 0 Å². The van der Waals surface area contributed by atoms with Gasteiger partial charge in [-0.2, -0.15) is 0 Å². The number of nitrogen functional groups attached to an aromatic ring is 1. The summed E-state index contributed by atoms with van der Waals surface area (Å²) in [6.07, 6.45) is 5.90. The lowest BCUT2D eigenvalue weighted by molar-refractivity contribution is -0.107. The summed E-state index contributed by atoms with van der Waals surface area (Å²) in [5.74, 6) is 0. The zero-order valence-electron chi connectivity index (χ0n) is 8.41. The average Bonchev–Trinajstić information content (AvgIpc) is 2.20. The Balaban J connectivity index is 2.24. The van der Waals surface area contributed by atoms with E-state index >= 15 is 0 Å². The molecule has 0 bridgehead atoms. The lowest BCUT2D eigenvalue weighted by Gasteiger charge is -2.03. The van der Waals surface area contributed by atoms with Gasteiger partial charge in [-0.1, -0.05) is 24.6 Å². The first-order chi connectivity index (χ1) is 6.84. The second kappa shape index (κ2) is 6.19. The molecule has 0 atom stereocenters. The highest BCUT2D eigenvalue weighted by Gasteiger charge is 1.96. The molecule has 2 nitrogen and oxygen atoms in total. The summed E-state index contributed by atoms with van der Waals surface area (Å²) in [5, 5.41) is 0. The van der Waals surface area contributed by atoms with Crippen molar-refractivity contribution in [2.24, 2.45) is 0 Å². The molecule has 0 spiro atoms. The summed E-state index contributed by atoms with van der Waals surface area (Å²) in [7, 11) is 0. The van der Waals surface area contributed by atoms with Gasteiger partial charge in [0.25, 0.3) is 0 Å². The lowest BCUT2D eigenvalue weighted by Crippen LogP contribution is -1.93. The third-order valence-corrected chi connectivity index (χ3v) is 2.32. The van der Waals surface area contributed by atoms with E-state index in [2.05, 4.69) is 6.07 Å². The van der Waals surface area contributed by atoms with Crippen LogP contribution in [0.1, 0.15) is 31.2 Å². The Bertz CT molecular complexity index is 283. The zero-order chi connectivity index (χ0) is 10.2. The molecule has 76 valence electrons. The molecule has 0 fully saturated rings. The summed E-state index contributed by atoms with van der Waals surface area (Å²) in [6.45, 7) is 0. The molecule has 0 radical (unpaired) electrons. The maximum absolute atomic E-state index is 10.1. The molecule has 0 aliphatic rings. The summed E-state index contributed by atoms with van der Waals surface area (Å²) >= 11 is 0. The molecule has 14 heavy (non-hydrogen) atoms. The second-order valence-electron chi connectivity index (χ2n) is 3.46. The first kappa shape index (κ1) is 10.8. The number of carbonyl (C=O) groups is 1. The fraction of sp³-hybridized carbons (Fsp3) is 0.417. The van der Waals surface area contributed by atoms with Gasteiger partial charge in [0.15, 0.2) is 0 Å². The minimum Gasteiger partial charge on any atom is -0.399 e. The van der Waals surface area contributed by atoms with Crippen molar-refractivity contribution in [3.8, 4) is 0 Å². The van der Waals surface area contributed by atoms with Crippen molar-refractivity contribution < 1.29 is 4.79 Å². The Morgan fingerprint density at radius 2 is 1.93 bits per heavy atom. The third-order valence-electron chi connectivity index (χ3n) is 2.32. The van der Waals surface area contributed by atoms with Crippen molar-refractivity contribution in [3.05, 3.63) is 29.8 Å². The van der Waals surface area contributed by atoms with E-state index in [-0.39, 0.29) is 0 Å². The number of nitrogens with two attached hydrogens (primary N) is 1. The van der Waals surface area contributed by atoms with E-state index in [9.17, 15) is 4.79 Å². The van der Waals surface area contributed by atoms with E-state index < -0.39 is 0 Å². The first-order valence-corrected chi connectivity index (χ1v) is 5.11. The molecule has 1 rings (SSSR count). The number of hydrogen-bond donors (Lipinski definition) is 1. The zero-order valence-corrected chi connectivity index (χ0v) is 8.41.